The number of carbonyl (C=O) groups excluding carboxylic acids is 1. The molecule has 0 saturated carbocycles. The SMILES string of the molecule is CCN(CC)c1nc2nc(CNc3ncnc4c3ncn4[C@@H]3O[C@H](C(=O)NC)[C@@H](O)[C@H]3O)cc(C(F)(F)F)c2o1. The van der Waals surface area contributed by atoms with E-state index in [4.69, 9.17) is 9.15 Å². The van der Waals surface area contributed by atoms with Crippen LogP contribution in [0.25, 0.3) is 22.4 Å². The average molecular weight is 566 g/mol. The number of ether oxygens (including phenoxy) is 1. The van der Waals surface area contributed by atoms with E-state index in [0.717, 1.165) is 6.07 Å². The molecule has 4 aromatic heterocycles. The Kier molecular flexibility index (Phi) is 7.19. The summed E-state index contributed by atoms with van der Waals surface area (Å²) in [7, 11) is 1.37. The Bertz CT molecular complexity index is 1540. The number of likely N-dealkylation sites (N-methyl/N-ethyl adjacent to an activating group) is 1. The number of pyridine rings is 1. The first-order valence-electron chi connectivity index (χ1n) is 12.3. The number of nitrogens with zero attached hydrogens (tertiary/aromatic N) is 7. The first-order valence-corrected chi connectivity index (χ1v) is 12.3. The number of imidazole rings is 1. The van der Waals surface area contributed by atoms with Crippen molar-refractivity contribution >= 4 is 40.1 Å². The smallest absolute Gasteiger partial charge is 0.420 e. The van der Waals surface area contributed by atoms with E-state index in [1.54, 1.807) is 4.90 Å². The molecule has 4 N–H and O–H groups in total. The molecule has 1 amide bonds. The molecule has 1 aliphatic heterocycles. The van der Waals surface area contributed by atoms with Gasteiger partial charge in [0.1, 0.15) is 24.1 Å². The van der Waals surface area contributed by atoms with Crippen LogP contribution in [0.2, 0.25) is 0 Å². The molecule has 1 fully saturated rings. The predicted molar refractivity (Wildman–Crippen MR) is 133 cm³/mol. The highest BCUT2D eigenvalue weighted by Gasteiger charge is 2.47. The zero-order valence-electron chi connectivity index (χ0n) is 21.5. The number of aliphatic hydroxyl groups is 2. The van der Waals surface area contributed by atoms with Crippen molar-refractivity contribution in [2.45, 2.75) is 51.1 Å². The number of rotatable bonds is 8. The summed E-state index contributed by atoms with van der Waals surface area (Å²) in [6.45, 7) is 4.47. The van der Waals surface area contributed by atoms with Crippen molar-refractivity contribution in [3.8, 4) is 0 Å². The number of carbonyl (C=O) groups is 1. The lowest BCUT2D eigenvalue weighted by Crippen LogP contribution is -2.41. The van der Waals surface area contributed by atoms with Gasteiger partial charge in [-0.2, -0.15) is 18.2 Å². The fraction of sp³-hybridized carbons (Fsp3) is 0.478. The third-order valence-corrected chi connectivity index (χ3v) is 6.56. The molecule has 0 unspecified atom stereocenters. The molecule has 17 heteroatoms. The van der Waals surface area contributed by atoms with Crippen LogP contribution in [0.15, 0.2) is 23.1 Å². The molecule has 0 radical (unpaired) electrons. The number of fused-ring (bicyclic) bond motifs is 2. The van der Waals surface area contributed by atoms with Gasteiger partial charge in [0.05, 0.1) is 18.6 Å². The highest BCUT2D eigenvalue weighted by atomic mass is 19.4. The number of aromatic nitrogens is 6. The van der Waals surface area contributed by atoms with Gasteiger partial charge < -0.3 is 34.9 Å². The molecule has 4 aromatic rings. The van der Waals surface area contributed by atoms with E-state index in [0.29, 0.717) is 13.1 Å². The van der Waals surface area contributed by atoms with E-state index >= 15 is 0 Å². The normalized spacial score (nSPS) is 21.3. The molecule has 0 spiro atoms. The van der Waals surface area contributed by atoms with E-state index < -0.39 is 47.8 Å². The third kappa shape index (κ3) is 4.75. The van der Waals surface area contributed by atoms with E-state index in [-0.39, 0.29) is 40.9 Å². The van der Waals surface area contributed by atoms with Crippen molar-refractivity contribution in [2.75, 3.05) is 30.4 Å². The number of nitrogens with one attached hydrogen (secondary N) is 2. The van der Waals surface area contributed by atoms with Crippen LogP contribution in [0.3, 0.4) is 0 Å². The van der Waals surface area contributed by atoms with Gasteiger partial charge in [0.2, 0.25) is 5.65 Å². The molecule has 0 aliphatic carbocycles. The van der Waals surface area contributed by atoms with Crippen LogP contribution in [0, 0.1) is 0 Å². The molecule has 5 rings (SSSR count). The largest absolute Gasteiger partial charge is 0.421 e. The molecule has 40 heavy (non-hydrogen) atoms. The lowest BCUT2D eigenvalue weighted by atomic mass is 10.1. The molecule has 0 bridgehead atoms. The van der Waals surface area contributed by atoms with Gasteiger partial charge >= 0.3 is 6.18 Å². The van der Waals surface area contributed by atoms with Gasteiger partial charge in [-0.05, 0) is 19.9 Å². The molecule has 214 valence electrons. The zero-order chi connectivity index (χ0) is 28.8. The number of oxazole rings is 1. The quantitative estimate of drug-likeness (QED) is 0.241. The average Bonchev–Trinajstić information content (AvgIpc) is 3.63. The van der Waals surface area contributed by atoms with E-state index in [9.17, 15) is 28.2 Å². The van der Waals surface area contributed by atoms with Gasteiger partial charge in [-0.25, -0.2) is 19.9 Å². The van der Waals surface area contributed by atoms with Crippen LogP contribution in [0.1, 0.15) is 31.3 Å². The standard InChI is InChI=1S/C23H26F3N9O5/c1-4-34(5-2)22-33-18-15(40-22)11(23(24,25)26)6-10(32-18)7-28-17-12-19(30-8-29-17)35(9-31-12)21-14(37)13(36)16(39-21)20(38)27-3/h6,8-9,13-14,16,21,36-37H,4-5,7H2,1-3H3,(H,27,38)(H,28,29,30)/t13-,14+,16-,21+/m0/s1. The van der Waals surface area contributed by atoms with Crippen LogP contribution in [0.4, 0.5) is 25.0 Å². The maximum Gasteiger partial charge on any atom is 0.420 e. The van der Waals surface area contributed by atoms with Crippen LogP contribution in [-0.2, 0) is 22.3 Å². The minimum absolute atomic E-state index is 0.0245. The topological polar surface area (TPSA) is 177 Å². The minimum atomic E-state index is -4.71. The van der Waals surface area contributed by atoms with Crippen LogP contribution in [0.5, 0.6) is 0 Å². The summed E-state index contributed by atoms with van der Waals surface area (Å²) in [6, 6.07) is 0.929. The summed E-state index contributed by atoms with van der Waals surface area (Å²) in [6.07, 6.45) is -7.71. The number of aliphatic hydroxyl groups excluding tert-OH is 2. The molecular weight excluding hydrogens is 539 g/mol. The fourth-order valence-electron chi connectivity index (χ4n) is 4.47. The predicted octanol–water partition coefficient (Wildman–Crippen LogP) is 1.20. The number of anilines is 2. The molecule has 1 saturated heterocycles. The summed E-state index contributed by atoms with van der Waals surface area (Å²) in [5.41, 5.74) is -1.22. The Morgan fingerprint density at radius 2 is 1.90 bits per heavy atom. The second kappa shape index (κ2) is 10.5. The summed E-state index contributed by atoms with van der Waals surface area (Å²) in [5.74, 6) is -0.450. The van der Waals surface area contributed by atoms with Crippen molar-refractivity contribution in [1.82, 2.24) is 34.8 Å². The Balaban J connectivity index is 1.44. The number of hydrogen-bond acceptors (Lipinski definition) is 12. The molecule has 14 nitrogen and oxygen atoms in total. The third-order valence-electron chi connectivity index (χ3n) is 6.56. The van der Waals surface area contributed by atoms with Gasteiger partial charge in [-0.3, -0.25) is 9.36 Å². The van der Waals surface area contributed by atoms with Crippen LogP contribution < -0.4 is 15.5 Å². The van der Waals surface area contributed by atoms with Gasteiger partial charge in [0.25, 0.3) is 11.9 Å². The lowest BCUT2D eigenvalue weighted by molar-refractivity contribution is -0.137. The van der Waals surface area contributed by atoms with Crippen molar-refractivity contribution in [3.63, 3.8) is 0 Å². The van der Waals surface area contributed by atoms with Gasteiger partial charge in [0, 0.05) is 20.1 Å². The highest BCUT2D eigenvalue weighted by Crippen LogP contribution is 2.37. The Hall–Kier alpha value is -4.09. The summed E-state index contributed by atoms with van der Waals surface area (Å²) >= 11 is 0. The minimum Gasteiger partial charge on any atom is -0.421 e. The van der Waals surface area contributed by atoms with Crippen LogP contribution in [-0.4, -0.2) is 84.1 Å². The van der Waals surface area contributed by atoms with E-state index in [1.165, 1.54) is 24.3 Å². The molecule has 1 aliphatic rings. The van der Waals surface area contributed by atoms with Crippen molar-refractivity contribution < 1.29 is 37.3 Å². The first kappa shape index (κ1) is 27.5. The number of amides is 1. The van der Waals surface area contributed by atoms with Gasteiger partial charge in [-0.15, -0.1) is 0 Å². The number of alkyl halides is 3. The van der Waals surface area contributed by atoms with E-state index in [2.05, 4.69) is 35.6 Å². The Morgan fingerprint density at radius 3 is 2.58 bits per heavy atom. The monoisotopic (exact) mass is 565 g/mol. The summed E-state index contributed by atoms with van der Waals surface area (Å²) in [4.78, 5) is 34.6. The highest BCUT2D eigenvalue weighted by molar-refractivity contribution is 5.83. The zero-order valence-corrected chi connectivity index (χ0v) is 21.5. The molecule has 0 aromatic carbocycles. The maximum absolute atomic E-state index is 13.9. The fourth-order valence-corrected chi connectivity index (χ4v) is 4.47. The second-order valence-corrected chi connectivity index (χ2v) is 8.92. The van der Waals surface area contributed by atoms with Crippen LogP contribution >= 0.6 is 0 Å². The van der Waals surface area contributed by atoms with Crippen molar-refractivity contribution in [3.05, 3.63) is 30.0 Å². The van der Waals surface area contributed by atoms with Crippen molar-refractivity contribution in [1.29, 1.82) is 0 Å². The first-order chi connectivity index (χ1) is 19.1. The maximum atomic E-state index is 13.9. The molecule has 4 atom stereocenters. The number of halogens is 3. The lowest BCUT2D eigenvalue weighted by Gasteiger charge is -2.16. The second-order valence-electron chi connectivity index (χ2n) is 8.92. The summed E-state index contributed by atoms with van der Waals surface area (Å²) in [5, 5.41) is 26.0. The Labute approximate surface area is 224 Å². The molecule has 5 heterocycles. The molecular formula is C23H26F3N9O5. The summed E-state index contributed by atoms with van der Waals surface area (Å²) < 4.78 is 54.0. The Morgan fingerprint density at radius 1 is 1.15 bits per heavy atom. The van der Waals surface area contributed by atoms with Crippen molar-refractivity contribution in [2.24, 2.45) is 0 Å². The van der Waals surface area contributed by atoms with Gasteiger partial charge in [-0.1, -0.05) is 0 Å². The van der Waals surface area contributed by atoms with Gasteiger partial charge in [0.15, 0.2) is 34.9 Å². The number of hydrogen-bond donors (Lipinski definition) is 4. The van der Waals surface area contributed by atoms with E-state index in [1.807, 2.05) is 13.8 Å².